The van der Waals surface area contributed by atoms with E-state index in [1.807, 2.05) is 24.4 Å². The molecule has 0 amide bonds. The van der Waals surface area contributed by atoms with Crippen LogP contribution in [0.25, 0.3) is 0 Å². The average molecular weight is 223 g/mol. The predicted molar refractivity (Wildman–Crippen MR) is 74.3 cm³/mol. The Morgan fingerprint density at radius 1 is 1.06 bits per heavy atom. The normalized spacial score (nSPS) is 10.9. The van der Waals surface area contributed by atoms with Crippen LogP contribution in [0.4, 0.5) is 5.69 Å². The molecule has 0 aliphatic rings. The Kier molecular flexibility index (Phi) is 3.71. The molecule has 0 bridgehead atoms. The molecule has 1 nitrogen and oxygen atoms in total. The fourth-order valence-electron chi connectivity index (χ4n) is 1.73. The van der Waals surface area contributed by atoms with Crippen molar-refractivity contribution in [2.75, 3.05) is 0 Å². The summed E-state index contributed by atoms with van der Waals surface area (Å²) < 4.78 is 0. The summed E-state index contributed by atoms with van der Waals surface area (Å²) in [6, 6.07) is 16.6. The van der Waals surface area contributed by atoms with Crippen LogP contribution in [0.3, 0.4) is 0 Å². The van der Waals surface area contributed by atoms with Gasteiger partial charge in [-0.05, 0) is 42.2 Å². The second-order valence-corrected chi connectivity index (χ2v) is 4.14. The molecular weight excluding hydrogens is 206 g/mol. The van der Waals surface area contributed by atoms with Gasteiger partial charge < -0.3 is 0 Å². The monoisotopic (exact) mass is 223 g/mol. The van der Waals surface area contributed by atoms with E-state index in [9.17, 15) is 0 Å². The molecular formula is C16H17N. The van der Waals surface area contributed by atoms with E-state index in [-0.39, 0.29) is 0 Å². The van der Waals surface area contributed by atoms with E-state index in [2.05, 4.69) is 49.2 Å². The van der Waals surface area contributed by atoms with Crippen LogP contribution in [-0.2, 0) is 6.42 Å². The summed E-state index contributed by atoms with van der Waals surface area (Å²) in [6.07, 6.45) is 2.98. The smallest absolute Gasteiger partial charge is 0.0632 e. The van der Waals surface area contributed by atoms with Crippen LogP contribution in [0, 0.1) is 6.92 Å². The standard InChI is InChI=1S/C16H17N/c1-3-14-8-6-10-16(11-14)17-12-15-9-5-4-7-13(15)2/h4-12H,3H2,1-2H3. The quantitative estimate of drug-likeness (QED) is 0.688. The first-order valence-corrected chi connectivity index (χ1v) is 5.98. The lowest BCUT2D eigenvalue weighted by atomic mass is 10.1. The highest BCUT2D eigenvalue weighted by molar-refractivity contribution is 5.83. The van der Waals surface area contributed by atoms with E-state index in [1.54, 1.807) is 0 Å². The van der Waals surface area contributed by atoms with Gasteiger partial charge in [-0.15, -0.1) is 0 Å². The van der Waals surface area contributed by atoms with Crippen molar-refractivity contribution in [3.63, 3.8) is 0 Å². The van der Waals surface area contributed by atoms with Crippen LogP contribution in [-0.4, -0.2) is 6.21 Å². The first-order valence-electron chi connectivity index (χ1n) is 5.98. The number of aliphatic imine (C=N–C) groups is 1. The third-order valence-electron chi connectivity index (χ3n) is 2.86. The molecule has 0 spiro atoms. The van der Waals surface area contributed by atoms with Gasteiger partial charge in [0.2, 0.25) is 0 Å². The summed E-state index contributed by atoms with van der Waals surface area (Å²) in [5.74, 6) is 0. The number of aryl methyl sites for hydroxylation is 2. The van der Waals surface area contributed by atoms with Crippen molar-refractivity contribution in [2.24, 2.45) is 4.99 Å². The molecule has 17 heavy (non-hydrogen) atoms. The molecule has 0 aliphatic heterocycles. The molecule has 0 saturated carbocycles. The Morgan fingerprint density at radius 2 is 1.88 bits per heavy atom. The highest BCUT2D eigenvalue weighted by Gasteiger charge is 1.94. The molecule has 0 fully saturated rings. The summed E-state index contributed by atoms with van der Waals surface area (Å²) in [7, 11) is 0. The summed E-state index contributed by atoms with van der Waals surface area (Å²) >= 11 is 0. The van der Waals surface area contributed by atoms with Gasteiger partial charge in [0.05, 0.1) is 5.69 Å². The minimum Gasteiger partial charge on any atom is -0.256 e. The van der Waals surface area contributed by atoms with E-state index in [0.29, 0.717) is 0 Å². The lowest BCUT2D eigenvalue weighted by Gasteiger charge is -2.00. The molecule has 0 N–H and O–H groups in total. The van der Waals surface area contributed by atoms with Gasteiger partial charge in [-0.3, -0.25) is 4.99 Å². The molecule has 0 saturated heterocycles. The number of nitrogens with zero attached hydrogens (tertiary/aromatic N) is 1. The molecule has 0 unspecified atom stereocenters. The van der Waals surface area contributed by atoms with Crippen molar-refractivity contribution in [2.45, 2.75) is 20.3 Å². The third kappa shape index (κ3) is 3.04. The maximum Gasteiger partial charge on any atom is 0.0632 e. The zero-order valence-corrected chi connectivity index (χ0v) is 10.4. The predicted octanol–water partition coefficient (Wildman–Crippen LogP) is 4.31. The highest BCUT2D eigenvalue weighted by Crippen LogP contribution is 2.15. The van der Waals surface area contributed by atoms with E-state index < -0.39 is 0 Å². The van der Waals surface area contributed by atoms with Crippen LogP contribution in [0.5, 0.6) is 0 Å². The fourth-order valence-corrected chi connectivity index (χ4v) is 1.73. The van der Waals surface area contributed by atoms with Gasteiger partial charge in [0.25, 0.3) is 0 Å². The van der Waals surface area contributed by atoms with Crippen molar-refractivity contribution in [1.82, 2.24) is 0 Å². The minimum atomic E-state index is 1.02. The molecule has 2 aromatic carbocycles. The summed E-state index contributed by atoms with van der Waals surface area (Å²) in [5.41, 5.74) is 4.77. The second kappa shape index (κ2) is 5.44. The number of hydrogen-bond acceptors (Lipinski definition) is 1. The Morgan fingerprint density at radius 3 is 2.65 bits per heavy atom. The number of benzene rings is 2. The average Bonchev–Trinajstić information content (AvgIpc) is 2.38. The lowest BCUT2D eigenvalue weighted by Crippen LogP contribution is -1.85. The van der Waals surface area contributed by atoms with Gasteiger partial charge in [0.15, 0.2) is 0 Å². The zero-order chi connectivity index (χ0) is 12.1. The molecule has 2 aromatic rings. The molecule has 0 aromatic heterocycles. The Labute approximate surface area is 103 Å². The maximum atomic E-state index is 4.52. The molecule has 0 heterocycles. The van der Waals surface area contributed by atoms with Crippen LogP contribution < -0.4 is 0 Å². The molecule has 0 radical (unpaired) electrons. The molecule has 2 rings (SSSR count). The van der Waals surface area contributed by atoms with Gasteiger partial charge in [-0.25, -0.2) is 0 Å². The number of hydrogen-bond donors (Lipinski definition) is 0. The van der Waals surface area contributed by atoms with Crippen molar-refractivity contribution in [3.8, 4) is 0 Å². The van der Waals surface area contributed by atoms with Crippen molar-refractivity contribution < 1.29 is 0 Å². The van der Waals surface area contributed by atoms with E-state index in [4.69, 9.17) is 0 Å². The minimum absolute atomic E-state index is 1.02. The highest BCUT2D eigenvalue weighted by atomic mass is 14.7. The second-order valence-electron chi connectivity index (χ2n) is 4.14. The lowest BCUT2D eigenvalue weighted by molar-refractivity contribution is 1.14. The number of rotatable bonds is 3. The molecule has 86 valence electrons. The van der Waals surface area contributed by atoms with Gasteiger partial charge in [-0.2, -0.15) is 0 Å². The first-order chi connectivity index (χ1) is 8.29. The van der Waals surface area contributed by atoms with Gasteiger partial charge in [0, 0.05) is 6.21 Å². The van der Waals surface area contributed by atoms with Gasteiger partial charge in [-0.1, -0.05) is 43.3 Å². The summed E-state index contributed by atoms with van der Waals surface area (Å²) in [4.78, 5) is 4.52. The van der Waals surface area contributed by atoms with Crippen molar-refractivity contribution >= 4 is 11.9 Å². The summed E-state index contributed by atoms with van der Waals surface area (Å²) in [5, 5.41) is 0. The Hall–Kier alpha value is -1.89. The summed E-state index contributed by atoms with van der Waals surface area (Å²) in [6.45, 7) is 4.26. The fraction of sp³-hybridized carbons (Fsp3) is 0.188. The van der Waals surface area contributed by atoms with Gasteiger partial charge >= 0.3 is 0 Å². The molecule has 1 heteroatoms. The van der Waals surface area contributed by atoms with E-state index in [0.717, 1.165) is 12.1 Å². The first kappa shape index (κ1) is 11.6. The van der Waals surface area contributed by atoms with Crippen LogP contribution in [0.1, 0.15) is 23.6 Å². The van der Waals surface area contributed by atoms with Gasteiger partial charge in [0.1, 0.15) is 0 Å². The Balaban J connectivity index is 2.23. The van der Waals surface area contributed by atoms with Crippen LogP contribution >= 0.6 is 0 Å². The Bertz CT molecular complexity index is 527. The van der Waals surface area contributed by atoms with E-state index in [1.165, 1.54) is 16.7 Å². The van der Waals surface area contributed by atoms with Crippen molar-refractivity contribution in [3.05, 3.63) is 65.2 Å². The molecule has 0 aliphatic carbocycles. The maximum absolute atomic E-state index is 4.52. The van der Waals surface area contributed by atoms with E-state index >= 15 is 0 Å². The van der Waals surface area contributed by atoms with Crippen LogP contribution in [0.15, 0.2) is 53.5 Å². The molecule has 0 atom stereocenters. The van der Waals surface area contributed by atoms with Crippen LogP contribution in [0.2, 0.25) is 0 Å². The largest absolute Gasteiger partial charge is 0.256 e. The zero-order valence-electron chi connectivity index (χ0n) is 10.4. The van der Waals surface area contributed by atoms with Crippen molar-refractivity contribution in [1.29, 1.82) is 0 Å². The third-order valence-corrected chi connectivity index (χ3v) is 2.86. The topological polar surface area (TPSA) is 12.4 Å². The SMILES string of the molecule is CCc1cccc(N=Cc2ccccc2C)c1.